The van der Waals surface area contributed by atoms with Crippen LogP contribution in [0.4, 0.5) is 22.9 Å². The summed E-state index contributed by atoms with van der Waals surface area (Å²) < 4.78 is 0.797. The Morgan fingerprint density at radius 3 is 2.33 bits per heavy atom. The molecular formula is C29H29N5O5. The molecule has 3 N–H and O–H groups in total. The van der Waals surface area contributed by atoms with Crippen LogP contribution in [0.3, 0.4) is 0 Å². The first-order chi connectivity index (χ1) is 18.9. The zero-order valence-electron chi connectivity index (χ0n) is 21.5. The predicted octanol–water partition coefficient (Wildman–Crippen LogP) is 2.89. The van der Waals surface area contributed by atoms with E-state index in [9.17, 15) is 24.7 Å². The molecule has 1 aliphatic heterocycles. The predicted molar refractivity (Wildman–Crippen MR) is 149 cm³/mol. The molecule has 0 unspecified atom stereocenters. The van der Waals surface area contributed by atoms with Crippen LogP contribution in [0.15, 0.2) is 82.5 Å². The van der Waals surface area contributed by atoms with E-state index in [1.165, 1.54) is 12.3 Å². The molecule has 1 aliphatic rings. The highest BCUT2D eigenvalue weighted by molar-refractivity contribution is 5.99. The Morgan fingerprint density at radius 1 is 0.949 bits per heavy atom. The summed E-state index contributed by atoms with van der Waals surface area (Å²) in [6, 6.07) is 19.3. The SMILES string of the molecule is CC[C@@H](Nc1c(Nc2cccc(C(=O)N3CCN(c4cccc[n+]4[O-])CC3)c2O)c(=O)c1=O)c1ccccc1. The number of nitrogens with zero attached hydrogens (tertiary/aromatic N) is 3. The van der Waals surface area contributed by atoms with Gasteiger partial charge in [-0.3, -0.25) is 19.3 Å². The van der Waals surface area contributed by atoms with Gasteiger partial charge < -0.3 is 25.8 Å². The van der Waals surface area contributed by atoms with E-state index in [0.29, 0.717) is 38.4 Å². The molecule has 3 aromatic carbocycles. The lowest BCUT2D eigenvalue weighted by Gasteiger charge is -2.32. The first kappa shape index (κ1) is 25.8. The summed E-state index contributed by atoms with van der Waals surface area (Å²) in [7, 11) is 0. The smallest absolute Gasteiger partial charge is 0.279 e. The summed E-state index contributed by atoms with van der Waals surface area (Å²) in [6.07, 6.45) is 2.12. The van der Waals surface area contributed by atoms with Crippen molar-refractivity contribution in [3.05, 3.63) is 110 Å². The largest absolute Gasteiger partial charge is 0.711 e. The molecule has 2 heterocycles. The summed E-state index contributed by atoms with van der Waals surface area (Å²) in [4.78, 5) is 41.6. The number of piperazine rings is 1. The minimum Gasteiger partial charge on any atom is -0.711 e. The summed E-state index contributed by atoms with van der Waals surface area (Å²) in [6.45, 7) is 3.65. The highest BCUT2D eigenvalue weighted by atomic mass is 16.5. The summed E-state index contributed by atoms with van der Waals surface area (Å²) in [5.41, 5.74) is 0.0940. The summed E-state index contributed by atoms with van der Waals surface area (Å²) in [5.74, 6) is -0.148. The monoisotopic (exact) mass is 527 g/mol. The topological polar surface area (TPSA) is 129 Å². The van der Waals surface area contributed by atoms with Crippen molar-refractivity contribution < 1.29 is 14.6 Å². The Bertz CT molecular complexity index is 1560. The van der Waals surface area contributed by atoms with Crippen molar-refractivity contribution in [2.45, 2.75) is 19.4 Å². The molecule has 200 valence electrons. The molecule has 0 spiro atoms. The van der Waals surface area contributed by atoms with E-state index in [2.05, 4.69) is 10.6 Å². The fourth-order valence-corrected chi connectivity index (χ4v) is 4.85. The number of aromatic hydroxyl groups is 1. The molecule has 10 nitrogen and oxygen atoms in total. The molecule has 0 bridgehead atoms. The van der Waals surface area contributed by atoms with Gasteiger partial charge in [0.05, 0.1) is 36.6 Å². The summed E-state index contributed by atoms with van der Waals surface area (Å²) >= 11 is 0. The molecule has 39 heavy (non-hydrogen) atoms. The first-order valence-corrected chi connectivity index (χ1v) is 12.8. The van der Waals surface area contributed by atoms with Gasteiger partial charge in [-0.15, -0.1) is 0 Å². The lowest BCUT2D eigenvalue weighted by molar-refractivity contribution is -0.592. The zero-order chi connectivity index (χ0) is 27.5. The Labute approximate surface area is 225 Å². The molecule has 1 fully saturated rings. The average molecular weight is 528 g/mol. The Hall–Kier alpha value is -4.86. The maximum atomic E-state index is 13.3. The molecule has 1 amide bonds. The lowest BCUT2D eigenvalue weighted by atomic mass is 10.0. The van der Waals surface area contributed by atoms with E-state index in [1.807, 2.05) is 42.2 Å². The number of rotatable bonds is 8. The third kappa shape index (κ3) is 5.00. The maximum Gasteiger partial charge on any atom is 0.279 e. The van der Waals surface area contributed by atoms with E-state index in [1.54, 1.807) is 35.2 Å². The Balaban J connectivity index is 1.31. The van der Waals surface area contributed by atoms with Gasteiger partial charge in [0.25, 0.3) is 22.6 Å². The molecule has 0 radical (unpaired) electrons. The van der Waals surface area contributed by atoms with Crippen LogP contribution in [-0.4, -0.2) is 42.1 Å². The molecule has 10 heteroatoms. The van der Waals surface area contributed by atoms with Crippen molar-refractivity contribution in [2.75, 3.05) is 41.7 Å². The van der Waals surface area contributed by atoms with Gasteiger partial charge in [-0.25, -0.2) is 4.73 Å². The molecular weight excluding hydrogens is 498 g/mol. The van der Waals surface area contributed by atoms with Gasteiger partial charge in [0.1, 0.15) is 24.5 Å². The lowest BCUT2D eigenvalue weighted by Crippen LogP contribution is -2.51. The van der Waals surface area contributed by atoms with Crippen molar-refractivity contribution in [3.63, 3.8) is 0 Å². The molecule has 1 atom stereocenters. The van der Waals surface area contributed by atoms with Crippen LogP contribution in [0.2, 0.25) is 0 Å². The number of nitrogens with one attached hydrogen (secondary N) is 2. The zero-order valence-corrected chi connectivity index (χ0v) is 21.5. The van der Waals surface area contributed by atoms with Gasteiger partial charge in [0, 0.05) is 6.07 Å². The van der Waals surface area contributed by atoms with Crippen LogP contribution in [0.25, 0.3) is 0 Å². The number of phenolic OH excluding ortho intramolecular Hbond substituents is 1. The fourth-order valence-electron chi connectivity index (χ4n) is 4.85. The van der Waals surface area contributed by atoms with Crippen LogP contribution in [0.5, 0.6) is 5.75 Å². The minimum atomic E-state index is -0.691. The van der Waals surface area contributed by atoms with Crippen molar-refractivity contribution in [2.24, 2.45) is 0 Å². The highest BCUT2D eigenvalue weighted by Gasteiger charge is 2.30. The van der Waals surface area contributed by atoms with Crippen LogP contribution < -0.4 is 31.1 Å². The number of para-hydroxylation sites is 1. The molecule has 1 saturated heterocycles. The van der Waals surface area contributed by atoms with Gasteiger partial charge in [-0.2, -0.15) is 0 Å². The van der Waals surface area contributed by atoms with E-state index in [4.69, 9.17) is 0 Å². The van der Waals surface area contributed by atoms with E-state index >= 15 is 0 Å². The number of carbonyl (C=O) groups is 1. The van der Waals surface area contributed by atoms with Gasteiger partial charge in [0.15, 0.2) is 5.75 Å². The van der Waals surface area contributed by atoms with Gasteiger partial charge >= 0.3 is 0 Å². The van der Waals surface area contributed by atoms with E-state index in [0.717, 1.165) is 10.3 Å². The minimum absolute atomic E-state index is 0.0525. The number of pyridine rings is 1. The maximum absolute atomic E-state index is 13.3. The number of hydrogen-bond donors (Lipinski definition) is 3. The van der Waals surface area contributed by atoms with Gasteiger partial charge in [-0.05, 0) is 30.2 Å². The number of aromatic nitrogens is 1. The number of phenols is 1. The van der Waals surface area contributed by atoms with Crippen molar-refractivity contribution >= 4 is 28.8 Å². The molecule has 1 aromatic heterocycles. The molecule has 5 rings (SSSR count). The van der Waals surface area contributed by atoms with Crippen molar-refractivity contribution in [1.82, 2.24) is 4.90 Å². The number of amides is 1. The van der Waals surface area contributed by atoms with Gasteiger partial charge in [0.2, 0.25) is 0 Å². The molecule has 4 aromatic rings. The second kappa shape index (κ2) is 10.9. The van der Waals surface area contributed by atoms with Crippen LogP contribution in [-0.2, 0) is 0 Å². The van der Waals surface area contributed by atoms with Crippen LogP contribution in [0.1, 0.15) is 35.3 Å². The van der Waals surface area contributed by atoms with Crippen molar-refractivity contribution in [1.29, 1.82) is 0 Å². The van der Waals surface area contributed by atoms with Crippen molar-refractivity contribution in [3.8, 4) is 5.75 Å². The second-order valence-corrected chi connectivity index (χ2v) is 9.41. The number of hydrogen-bond acceptors (Lipinski definition) is 8. The molecule has 0 aliphatic carbocycles. The van der Waals surface area contributed by atoms with Gasteiger partial charge in [-0.1, -0.05) is 49.4 Å². The number of anilines is 4. The Morgan fingerprint density at radius 2 is 1.64 bits per heavy atom. The van der Waals surface area contributed by atoms with E-state index in [-0.39, 0.29) is 40.3 Å². The average Bonchev–Trinajstić information content (AvgIpc) is 2.98. The highest BCUT2D eigenvalue weighted by Crippen LogP contribution is 2.33. The fraction of sp³-hybridized carbons (Fsp3) is 0.241. The quantitative estimate of drug-likeness (QED) is 0.138. The summed E-state index contributed by atoms with van der Waals surface area (Å²) in [5, 5.41) is 29.1. The third-order valence-corrected chi connectivity index (χ3v) is 7.06. The second-order valence-electron chi connectivity index (χ2n) is 9.41. The Kier molecular flexibility index (Phi) is 7.18. The number of carbonyl (C=O) groups excluding carboxylic acids is 1. The first-order valence-electron chi connectivity index (χ1n) is 12.8. The molecule has 0 saturated carbocycles. The van der Waals surface area contributed by atoms with E-state index < -0.39 is 10.9 Å². The standard InChI is InChI=1S/C29H29N5O5/c1-2-21(19-9-4-3-5-10-19)30-24-25(28(37)27(24)36)31-22-12-8-11-20(26(22)35)29(38)33-17-15-32(16-18-33)23-13-6-7-14-34(23)39/h3-14,21,30-31,35H,2,15-18H2,1H3/t21-/m1/s1. The van der Waals surface area contributed by atoms with Crippen LogP contribution in [0, 0.1) is 5.21 Å². The van der Waals surface area contributed by atoms with Crippen LogP contribution >= 0.6 is 0 Å². The normalized spacial score (nSPS) is 14.3. The number of benzene rings is 2. The third-order valence-electron chi connectivity index (χ3n) is 7.06.